The minimum Gasteiger partial charge on any atom is -0.477 e. The number of ether oxygens (including phenoxy) is 1. The Bertz CT molecular complexity index is 859. The molecule has 1 aromatic heterocycles. The summed E-state index contributed by atoms with van der Waals surface area (Å²) in [7, 11) is 0. The van der Waals surface area contributed by atoms with Crippen LogP contribution in [0.5, 0.6) is 0 Å². The minimum atomic E-state index is -4.30. The van der Waals surface area contributed by atoms with Gasteiger partial charge in [0.15, 0.2) is 5.69 Å². The van der Waals surface area contributed by atoms with Crippen LogP contribution in [0.4, 0.5) is 13.2 Å². The molecule has 1 N–H and O–H groups in total. The first-order valence-electron chi connectivity index (χ1n) is 9.28. The highest BCUT2D eigenvalue weighted by Gasteiger charge is 2.29. The summed E-state index contributed by atoms with van der Waals surface area (Å²) in [5, 5.41) is 9.17. The number of hydrogen-bond acceptors (Lipinski definition) is 5. The van der Waals surface area contributed by atoms with E-state index in [9.17, 15) is 23.1 Å². The number of halogens is 3. The first-order chi connectivity index (χ1) is 13.7. The Balaban J connectivity index is 1.60. The molecule has 1 aromatic carbocycles. The zero-order valence-corrected chi connectivity index (χ0v) is 16.6. The summed E-state index contributed by atoms with van der Waals surface area (Å²) in [5.74, 6) is -1.08. The molecule has 2 aromatic rings. The van der Waals surface area contributed by atoms with Gasteiger partial charge in [-0.3, -0.25) is 0 Å². The summed E-state index contributed by atoms with van der Waals surface area (Å²) in [4.78, 5) is 19.4. The van der Waals surface area contributed by atoms with Gasteiger partial charge in [-0.1, -0.05) is 12.1 Å². The Labute approximate surface area is 170 Å². The third-order valence-corrected chi connectivity index (χ3v) is 5.67. The molecule has 156 valence electrons. The predicted octanol–water partition coefficient (Wildman–Crippen LogP) is 5.34. The summed E-state index contributed by atoms with van der Waals surface area (Å²) in [6.45, 7) is 1.70. The number of carboxylic acid groups (broad SMARTS) is 1. The van der Waals surface area contributed by atoms with Crippen molar-refractivity contribution in [1.82, 2.24) is 9.97 Å². The topological polar surface area (TPSA) is 72.3 Å². The molecule has 0 amide bonds. The number of alkyl halides is 3. The maximum absolute atomic E-state index is 12.5. The van der Waals surface area contributed by atoms with Gasteiger partial charge in [0.1, 0.15) is 6.33 Å². The summed E-state index contributed by atoms with van der Waals surface area (Å²) < 4.78 is 43.6. The number of aromatic nitrogens is 2. The van der Waals surface area contributed by atoms with E-state index in [1.807, 2.05) is 0 Å². The van der Waals surface area contributed by atoms with E-state index >= 15 is 0 Å². The molecule has 2 heterocycles. The fourth-order valence-corrected chi connectivity index (χ4v) is 4.03. The second kappa shape index (κ2) is 9.13. The van der Waals surface area contributed by atoms with Crippen LogP contribution in [-0.4, -0.2) is 32.7 Å². The monoisotopic (exact) mass is 426 g/mol. The predicted molar refractivity (Wildman–Crippen MR) is 102 cm³/mol. The molecule has 29 heavy (non-hydrogen) atoms. The molecule has 0 radical (unpaired) electrons. The van der Waals surface area contributed by atoms with Crippen molar-refractivity contribution in [2.24, 2.45) is 0 Å². The first-order valence-corrected chi connectivity index (χ1v) is 10.1. The highest BCUT2D eigenvalue weighted by Crippen LogP contribution is 2.38. The zero-order chi connectivity index (χ0) is 21.0. The summed E-state index contributed by atoms with van der Waals surface area (Å²) in [6.07, 6.45) is 5.02. The van der Waals surface area contributed by atoms with Gasteiger partial charge in [-0.25, -0.2) is 14.8 Å². The maximum atomic E-state index is 12.5. The van der Waals surface area contributed by atoms with E-state index in [4.69, 9.17) is 4.74 Å². The quantitative estimate of drug-likeness (QED) is 0.629. The molecular formula is C20H21F3N2O3S. The van der Waals surface area contributed by atoms with Gasteiger partial charge in [-0.15, -0.1) is 0 Å². The molecular weight excluding hydrogens is 405 g/mol. The molecule has 2 atom stereocenters. The van der Waals surface area contributed by atoms with E-state index < -0.39 is 11.5 Å². The number of aromatic carboxylic acids is 1. The molecule has 0 aliphatic carbocycles. The lowest BCUT2D eigenvalue weighted by molar-refractivity contribution is -0.0547. The molecule has 5 nitrogen and oxygen atoms in total. The molecule has 1 fully saturated rings. The fraction of sp³-hybridized carbons (Fsp3) is 0.450. The van der Waals surface area contributed by atoms with E-state index in [1.54, 1.807) is 19.1 Å². The van der Waals surface area contributed by atoms with Crippen molar-refractivity contribution < 1.29 is 27.8 Å². The summed E-state index contributed by atoms with van der Waals surface area (Å²) in [5.41, 5.74) is -2.17. The molecule has 1 aliphatic heterocycles. The molecule has 9 heteroatoms. The SMILES string of the molecule is Cc1c(CC[C@H]2CCC[C@@H](c3ccc(SC(F)(F)F)cc3)O2)ncnc1C(=O)O. The van der Waals surface area contributed by atoms with Gasteiger partial charge in [-0.2, -0.15) is 13.2 Å². The van der Waals surface area contributed by atoms with Crippen molar-refractivity contribution in [2.45, 2.75) is 61.6 Å². The Hall–Kier alpha value is -2.13. The van der Waals surface area contributed by atoms with Crippen LogP contribution in [0.2, 0.25) is 0 Å². The Morgan fingerprint density at radius 3 is 2.62 bits per heavy atom. The summed E-state index contributed by atoms with van der Waals surface area (Å²) >= 11 is -0.128. The van der Waals surface area contributed by atoms with Crippen molar-refractivity contribution in [1.29, 1.82) is 0 Å². The Morgan fingerprint density at radius 1 is 1.24 bits per heavy atom. The van der Waals surface area contributed by atoms with E-state index in [1.165, 1.54) is 18.5 Å². The van der Waals surface area contributed by atoms with Crippen LogP contribution in [0.1, 0.15) is 59.1 Å². The van der Waals surface area contributed by atoms with Crippen molar-refractivity contribution in [3.05, 3.63) is 53.1 Å². The van der Waals surface area contributed by atoms with Crippen LogP contribution in [0.3, 0.4) is 0 Å². The number of thioether (sulfide) groups is 1. The lowest BCUT2D eigenvalue weighted by Crippen LogP contribution is -2.23. The molecule has 1 aliphatic rings. The lowest BCUT2D eigenvalue weighted by Gasteiger charge is -2.30. The van der Waals surface area contributed by atoms with Crippen LogP contribution in [-0.2, 0) is 11.2 Å². The highest BCUT2D eigenvalue weighted by molar-refractivity contribution is 8.00. The van der Waals surface area contributed by atoms with Crippen molar-refractivity contribution in [3.63, 3.8) is 0 Å². The molecule has 0 spiro atoms. The van der Waals surface area contributed by atoms with Gasteiger partial charge in [0, 0.05) is 16.2 Å². The third kappa shape index (κ3) is 5.93. The number of benzene rings is 1. The average molecular weight is 426 g/mol. The van der Waals surface area contributed by atoms with E-state index in [0.717, 1.165) is 24.8 Å². The van der Waals surface area contributed by atoms with Crippen LogP contribution in [0.15, 0.2) is 35.5 Å². The van der Waals surface area contributed by atoms with Gasteiger partial charge in [0.05, 0.1) is 12.2 Å². The van der Waals surface area contributed by atoms with Crippen LogP contribution < -0.4 is 0 Å². The summed E-state index contributed by atoms with van der Waals surface area (Å²) in [6, 6.07) is 6.32. The lowest BCUT2D eigenvalue weighted by atomic mass is 9.95. The number of aryl methyl sites for hydroxylation is 1. The maximum Gasteiger partial charge on any atom is 0.446 e. The number of hydrogen-bond donors (Lipinski definition) is 1. The Kier molecular flexibility index (Phi) is 6.79. The molecule has 0 saturated carbocycles. The van der Waals surface area contributed by atoms with Gasteiger partial charge in [0.2, 0.25) is 0 Å². The molecule has 0 unspecified atom stereocenters. The smallest absolute Gasteiger partial charge is 0.446 e. The molecule has 3 rings (SSSR count). The minimum absolute atomic E-state index is 0.00857. The number of carboxylic acids is 1. The fourth-order valence-electron chi connectivity index (χ4n) is 3.49. The number of rotatable bonds is 6. The Morgan fingerprint density at radius 2 is 1.97 bits per heavy atom. The second-order valence-corrected chi connectivity index (χ2v) is 8.07. The van der Waals surface area contributed by atoms with Gasteiger partial charge < -0.3 is 9.84 Å². The van der Waals surface area contributed by atoms with Gasteiger partial charge in [0.25, 0.3) is 0 Å². The first kappa shape index (κ1) is 21.6. The largest absolute Gasteiger partial charge is 0.477 e. The van der Waals surface area contributed by atoms with Crippen molar-refractivity contribution >= 4 is 17.7 Å². The van der Waals surface area contributed by atoms with Crippen LogP contribution in [0, 0.1) is 6.92 Å². The van der Waals surface area contributed by atoms with Gasteiger partial charge >= 0.3 is 11.5 Å². The van der Waals surface area contributed by atoms with Crippen molar-refractivity contribution in [2.75, 3.05) is 0 Å². The third-order valence-electron chi connectivity index (χ3n) is 4.93. The molecule has 0 bridgehead atoms. The van der Waals surface area contributed by atoms with Crippen molar-refractivity contribution in [3.8, 4) is 0 Å². The van der Waals surface area contributed by atoms with E-state index in [0.29, 0.717) is 24.1 Å². The standard InChI is InChI=1S/C20H21F3N2O3S/c1-12-16(24-11-25-18(12)19(26)27)10-7-14-3-2-4-17(28-14)13-5-8-15(9-6-13)29-20(21,22)23/h5-6,8-9,11,14,17H,2-4,7,10H2,1H3,(H,26,27)/t14-,17+/m1/s1. The van der Waals surface area contributed by atoms with Gasteiger partial charge in [-0.05, 0) is 68.5 Å². The number of carbonyl (C=O) groups is 1. The zero-order valence-electron chi connectivity index (χ0n) is 15.8. The normalized spacial score (nSPS) is 19.9. The highest BCUT2D eigenvalue weighted by atomic mass is 32.2. The van der Waals surface area contributed by atoms with Crippen LogP contribution >= 0.6 is 11.8 Å². The molecule has 1 saturated heterocycles. The number of nitrogens with zero attached hydrogens (tertiary/aromatic N) is 2. The van der Waals surface area contributed by atoms with Crippen LogP contribution in [0.25, 0.3) is 0 Å². The van der Waals surface area contributed by atoms with E-state index in [2.05, 4.69) is 9.97 Å². The van der Waals surface area contributed by atoms with E-state index in [-0.39, 0.29) is 34.6 Å². The second-order valence-electron chi connectivity index (χ2n) is 6.93. The average Bonchev–Trinajstić information content (AvgIpc) is 2.66.